The number of primary amides is 1. The molecule has 0 bridgehead atoms. The number of likely N-dealkylation sites (tertiary alicyclic amines) is 1. The Morgan fingerprint density at radius 2 is 1.92 bits per heavy atom. The molecule has 2 fully saturated rings. The standard InChI is InChI=1S/C18H26N4O4/c19-17(24)20-12-16(23)22-7-6-18(25,14-4-2-1-3-5-14)15(13-22)21-8-10-26-11-9-21/h1-5,15,25H,6-13H2,(H3,19,20,24)/t15-,18+/m1/s1. The van der Waals surface area contributed by atoms with Crippen molar-refractivity contribution in [2.45, 2.75) is 18.1 Å². The summed E-state index contributed by atoms with van der Waals surface area (Å²) in [5.74, 6) is -0.197. The van der Waals surface area contributed by atoms with Crippen LogP contribution in [0.5, 0.6) is 0 Å². The van der Waals surface area contributed by atoms with Crippen molar-refractivity contribution in [2.75, 3.05) is 45.9 Å². The number of piperidine rings is 1. The van der Waals surface area contributed by atoms with Crippen LogP contribution in [-0.4, -0.2) is 78.8 Å². The largest absolute Gasteiger partial charge is 0.383 e. The maximum Gasteiger partial charge on any atom is 0.312 e. The molecule has 0 saturated carbocycles. The average Bonchev–Trinajstić information content (AvgIpc) is 2.68. The van der Waals surface area contributed by atoms with Crippen molar-refractivity contribution in [3.63, 3.8) is 0 Å². The Morgan fingerprint density at radius 3 is 2.58 bits per heavy atom. The van der Waals surface area contributed by atoms with Gasteiger partial charge in [-0.2, -0.15) is 0 Å². The second-order valence-corrected chi connectivity index (χ2v) is 6.76. The predicted molar refractivity (Wildman–Crippen MR) is 95.3 cm³/mol. The van der Waals surface area contributed by atoms with Crippen molar-refractivity contribution < 1.29 is 19.4 Å². The SMILES string of the molecule is NC(=O)NCC(=O)N1CC[C@](O)(c2ccccc2)[C@H](N2CCOCC2)C1. The van der Waals surface area contributed by atoms with E-state index in [4.69, 9.17) is 10.5 Å². The highest BCUT2D eigenvalue weighted by atomic mass is 16.5. The Labute approximate surface area is 152 Å². The Kier molecular flexibility index (Phi) is 5.75. The van der Waals surface area contributed by atoms with Crippen molar-refractivity contribution in [3.8, 4) is 0 Å². The lowest BCUT2D eigenvalue weighted by molar-refractivity contribution is -0.146. The maximum atomic E-state index is 12.4. The van der Waals surface area contributed by atoms with E-state index in [2.05, 4.69) is 10.2 Å². The van der Waals surface area contributed by atoms with Crippen LogP contribution in [0.25, 0.3) is 0 Å². The average molecular weight is 362 g/mol. The molecule has 8 heteroatoms. The van der Waals surface area contributed by atoms with Crippen molar-refractivity contribution in [1.29, 1.82) is 0 Å². The first kappa shape index (κ1) is 18.6. The van der Waals surface area contributed by atoms with Crippen LogP contribution in [0.3, 0.4) is 0 Å². The number of ether oxygens (including phenoxy) is 1. The number of hydrogen-bond donors (Lipinski definition) is 3. The van der Waals surface area contributed by atoms with Gasteiger partial charge >= 0.3 is 6.03 Å². The van der Waals surface area contributed by atoms with E-state index in [9.17, 15) is 14.7 Å². The summed E-state index contributed by atoms with van der Waals surface area (Å²) in [6.45, 7) is 3.32. The third-order valence-electron chi connectivity index (χ3n) is 5.23. The zero-order valence-corrected chi connectivity index (χ0v) is 14.8. The van der Waals surface area contributed by atoms with Gasteiger partial charge in [0.25, 0.3) is 0 Å². The minimum Gasteiger partial charge on any atom is -0.383 e. The molecule has 4 N–H and O–H groups in total. The zero-order valence-electron chi connectivity index (χ0n) is 14.8. The third-order valence-corrected chi connectivity index (χ3v) is 5.23. The summed E-state index contributed by atoms with van der Waals surface area (Å²) < 4.78 is 5.44. The van der Waals surface area contributed by atoms with Gasteiger partial charge in [-0.1, -0.05) is 30.3 Å². The highest BCUT2D eigenvalue weighted by Gasteiger charge is 2.46. The summed E-state index contributed by atoms with van der Waals surface area (Å²) in [7, 11) is 0. The summed E-state index contributed by atoms with van der Waals surface area (Å²) in [4.78, 5) is 27.2. The van der Waals surface area contributed by atoms with Crippen molar-refractivity contribution in [3.05, 3.63) is 35.9 Å². The van der Waals surface area contributed by atoms with Gasteiger partial charge in [-0.25, -0.2) is 4.79 Å². The second kappa shape index (κ2) is 8.03. The summed E-state index contributed by atoms with van der Waals surface area (Å²) in [5, 5.41) is 13.9. The number of morpholine rings is 1. The maximum absolute atomic E-state index is 12.4. The molecule has 142 valence electrons. The molecule has 0 unspecified atom stereocenters. The number of carbonyl (C=O) groups excluding carboxylic acids is 2. The van der Waals surface area contributed by atoms with Gasteiger partial charge in [0.1, 0.15) is 5.60 Å². The molecule has 3 amide bonds. The molecule has 2 aliphatic heterocycles. The molecule has 0 radical (unpaired) electrons. The Hall–Kier alpha value is -2.16. The monoisotopic (exact) mass is 362 g/mol. The van der Waals surface area contributed by atoms with Gasteiger partial charge in [0.2, 0.25) is 5.91 Å². The first-order valence-electron chi connectivity index (χ1n) is 8.91. The smallest absolute Gasteiger partial charge is 0.312 e. The molecule has 2 heterocycles. The van der Waals surface area contributed by atoms with E-state index in [1.54, 1.807) is 4.90 Å². The number of nitrogens with zero attached hydrogens (tertiary/aromatic N) is 2. The molecule has 0 aliphatic carbocycles. The molecule has 0 spiro atoms. The number of nitrogens with one attached hydrogen (secondary N) is 1. The highest BCUT2D eigenvalue weighted by Crippen LogP contribution is 2.36. The quantitative estimate of drug-likeness (QED) is 0.668. The molecule has 2 saturated heterocycles. The fraction of sp³-hybridized carbons (Fsp3) is 0.556. The van der Waals surface area contributed by atoms with Crippen molar-refractivity contribution >= 4 is 11.9 Å². The van der Waals surface area contributed by atoms with Gasteiger partial charge in [-0.3, -0.25) is 9.69 Å². The van der Waals surface area contributed by atoms with Gasteiger partial charge in [0.15, 0.2) is 0 Å². The number of nitrogens with two attached hydrogens (primary N) is 1. The van der Waals surface area contributed by atoms with Crippen LogP contribution in [0, 0.1) is 0 Å². The number of urea groups is 1. The van der Waals surface area contributed by atoms with Crippen LogP contribution in [0.15, 0.2) is 30.3 Å². The van der Waals surface area contributed by atoms with Crippen molar-refractivity contribution in [1.82, 2.24) is 15.1 Å². The number of amides is 3. The van der Waals surface area contributed by atoms with E-state index in [1.165, 1.54) is 0 Å². The van der Waals surface area contributed by atoms with Crippen LogP contribution in [0.1, 0.15) is 12.0 Å². The molecule has 1 aromatic rings. The molecular formula is C18H26N4O4. The summed E-state index contributed by atoms with van der Waals surface area (Å²) >= 11 is 0. The predicted octanol–water partition coefficient (Wildman–Crippen LogP) is -0.524. The molecule has 8 nitrogen and oxygen atoms in total. The number of aliphatic hydroxyl groups is 1. The van der Waals surface area contributed by atoms with E-state index in [1.807, 2.05) is 30.3 Å². The minimum atomic E-state index is -1.04. The molecule has 26 heavy (non-hydrogen) atoms. The van der Waals surface area contributed by atoms with E-state index < -0.39 is 11.6 Å². The zero-order chi connectivity index (χ0) is 18.6. The topological polar surface area (TPSA) is 108 Å². The first-order chi connectivity index (χ1) is 12.5. The molecule has 2 atom stereocenters. The van der Waals surface area contributed by atoms with Gasteiger partial charge in [0.05, 0.1) is 25.8 Å². The Bertz CT molecular complexity index is 635. The highest BCUT2D eigenvalue weighted by molar-refractivity contribution is 5.83. The fourth-order valence-electron chi connectivity index (χ4n) is 3.79. The van der Waals surface area contributed by atoms with E-state index in [0.29, 0.717) is 45.8 Å². The summed E-state index contributed by atoms with van der Waals surface area (Å²) in [6, 6.07) is 8.65. The number of carbonyl (C=O) groups is 2. The van der Waals surface area contributed by atoms with Crippen LogP contribution in [0.4, 0.5) is 4.79 Å². The Balaban J connectivity index is 1.80. The molecule has 1 aromatic carbocycles. The number of hydrogen-bond acceptors (Lipinski definition) is 5. The normalized spacial score (nSPS) is 27.1. The van der Waals surface area contributed by atoms with E-state index in [-0.39, 0.29) is 18.5 Å². The van der Waals surface area contributed by atoms with E-state index in [0.717, 1.165) is 5.56 Å². The minimum absolute atomic E-state index is 0.130. The molecular weight excluding hydrogens is 336 g/mol. The lowest BCUT2D eigenvalue weighted by Crippen LogP contribution is -2.63. The molecule has 0 aromatic heterocycles. The van der Waals surface area contributed by atoms with Crippen LogP contribution in [-0.2, 0) is 15.1 Å². The van der Waals surface area contributed by atoms with Crippen LogP contribution in [0.2, 0.25) is 0 Å². The summed E-state index contributed by atoms with van der Waals surface area (Å²) in [5.41, 5.74) is 4.88. The second-order valence-electron chi connectivity index (χ2n) is 6.76. The lowest BCUT2D eigenvalue weighted by atomic mass is 9.79. The molecule has 3 rings (SSSR count). The fourth-order valence-corrected chi connectivity index (χ4v) is 3.79. The van der Waals surface area contributed by atoms with E-state index >= 15 is 0 Å². The number of benzene rings is 1. The lowest BCUT2D eigenvalue weighted by Gasteiger charge is -2.50. The van der Waals surface area contributed by atoms with Crippen molar-refractivity contribution in [2.24, 2.45) is 5.73 Å². The third kappa shape index (κ3) is 3.98. The molecule has 2 aliphatic rings. The van der Waals surface area contributed by atoms with Gasteiger partial charge < -0.3 is 25.8 Å². The summed E-state index contributed by atoms with van der Waals surface area (Å²) in [6.07, 6.45) is 0.432. The Morgan fingerprint density at radius 1 is 1.23 bits per heavy atom. The van der Waals surface area contributed by atoms with Gasteiger partial charge in [-0.15, -0.1) is 0 Å². The first-order valence-corrected chi connectivity index (χ1v) is 8.91. The van der Waals surface area contributed by atoms with Gasteiger partial charge in [-0.05, 0) is 12.0 Å². The van der Waals surface area contributed by atoms with Gasteiger partial charge in [0, 0.05) is 26.2 Å². The van der Waals surface area contributed by atoms with Crippen LogP contribution >= 0.6 is 0 Å². The number of rotatable bonds is 4. The van der Waals surface area contributed by atoms with Crippen LogP contribution < -0.4 is 11.1 Å².